The summed E-state index contributed by atoms with van der Waals surface area (Å²) in [6, 6.07) is 5.45. The Labute approximate surface area is 130 Å². The molecule has 1 aromatic heterocycles. The van der Waals surface area contributed by atoms with Crippen molar-refractivity contribution in [2.75, 3.05) is 5.32 Å². The summed E-state index contributed by atoms with van der Waals surface area (Å²) < 4.78 is 70.1. The summed E-state index contributed by atoms with van der Waals surface area (Å²) in [5, 5.41) is 5.62. The molecule has 1 heterocycles. The monoisotopic (exact) mass is 342 g/mol. The van der Waals surface area contributed by atoms with Crippen LogP contribution in [0.2, 0.25) is 0 Å². The number of nitrogens with zero attached hydrogens (tertiary/aromatic N) is 1. The van der Waals surface area contributed by atoms with Crippen LogP contribution in [0.1, 0.15) is 15.9 Å². The lowest BCUT2D eigenvalue weighted by molar-refractivity contribution is -0.138. The van der Waals surface area contributed by atoms with Gasteiger partial charge in [-0.15, -0.1) is 0 Å². The molecule has 1 N–H and O–H groups in total. The Hall–Kier alpha value is -2.97. The molecular formula is C15H7F5N2O2. The van der Waals surface area contributed by atoms with Crippen LogP contribution in [-0.4, -0.2) is 11.1 Å². The van der Waals surface area contributed by atoms with Gasteiger partial charge < -0.3 is 9.84 Å². The molecule has 0 saturated carbocycles. The highest BCUT2D eigenvalue weighted by molar-refractivity contribution is 6.08. The lowest BCUT2D eigenvalue weighted by Crippen LogP contribution is -2.19. The molecule has 9 heteroatoms. The van der Waals surface area contributed by atoms with Gasteiger partial charge in [0.2, 0.25) is 5.58 Å². The quantitative estimate of drug-likeness (QED) is 0.703. The molecule has 2 aromatic carbocycles. The third-order valence-electron chi connectivity index (χ3n) is 3.21. The topological polar surface area (TPSA) is 55.1 Å². The second-order valence-corrected chi connectivity index (χ2v) is 4.79. The van der Waals surface area contributed by atoms with E-state index in [0.29, 0.717) is 6.07 Å². The van der Waals surface area contributed by atoms with Gasteiger partial charge in [0, 0.05) is 0 Å². The molecule has 0 atom stereocenters. The van der Waals surface area contributed by atoms with Crippen LogP contribution in [0.3, 0.4) is 0 Å². The van der Waals surface area contributed by atoms with Crippen molar-refractivity contribution < 1.29 is 31.3 Å². The number of amides is 1. The summed E-state index contributed by atoms with van der Waals surface area (Å²) in [4.78, 5) is 12.1. The zero-order valence-corrected chi connectivity index (χ0v) is 11.6. The Kier molecular flexibility index (Phi) is 3.70. The minimum Gasteiger partial charge on any atom is -0.351 e. The molecule has 4 nitrogen and oxygen atoms in total. The van der Waals surface area contributed by atoms with Crippen molar-refractivity contribution in [3.05, 3.63) is 59.2 Å². The highest BCUT2D eigenvalue weighted by atomic mass is 19.4. The summed E-state index contributed by atoms with van der Waals surface area (Å²) in [6.07, 6.45) is -4.92. The maximum absolute atomic E-state index is 13.5. The van der Waals surface area contributed by atoms with Gasteiger partial charge in [0.25, 0.3) is 5.91 Å². The van der Waals surface area contributed by atoms with Crippen LogP contribution >= 0.6 is 0 Å². The maximum atomic E-state index is 13.5. The highest BCUT2D eigenvalue weighted by Gasteiger charge is 2.36. The second kappa shape index (κ2) is 5.59. The Morgan fingerprint density at radius 1 is 1.12 bits per heavy atom. The van der Waals surface area contributed by atoms with Crippen LogP contribution in [0, 0.1) is 11.6 Å². The van der Waals surface area contributed by atoms with Gasteiger partial charge in [0.05, 0.1) is 16.5 Å². The van der Waals surface area contributed by atoms with Gasteiger partial charge in [-0.3, -0.25) is 4.79 Å². The first-order valence-electron chi connectivity index (χ1n) is 6.49. The molecule has 1 amide bonds. The first-order valence-corrected chi connectivity index (χ1v) is 6.49. The maximum Gasteiger partial charge on any atom is 0.417 e. The number of aromatic nitrogens is 1. The summed E-state index contributed by atoms with van der Waals surface area (Å²) in [7, 11) is 0. The van der Waals surface area contributed by atoms with Crippen LogP contribution in [0.15, 0.2) is 40.9 Å². The third kappa shape index (κ3) is 2.80. The number of alkyl halides is 3. The van der Waals surface area contributed by atoms with E-state index in [2.05, 4.69) is 10.5 Å². The normalized spacial score (nSPS) is 11.7. The van der Waals surface area contributed by atoms with E-state index in [-0.39, 0.29) is 22.9 Å². The Balaban J connectivity index is 2.00. The molecule has 24 heavy (non-hydrogen) atoms. The standard InChI is InChI=1S/C15H7F5N2O2/c16-7-4-5-8(10(6-7)15(18,19)20)14(23)21-13-9-2-1-3-11(17)12(9)24-22-13/h1-6H,(H,21,22,23). The Morgan fingerprint density at radius 2 is 1.88 bits per heavy atom. The minimum absolute atomic E-state index is 0.0824. The number of benzene rings is 2. The van der Waals surface area contributed by atoms with E-state index in [4.69, 9.17) is 4.52 Å². The smallest absolute Gasteiger partial charge is 0.351 e. The molecule has 0 spiro atoms. The van der Waals surface area contributed by atoms with E-state index in [1.807, 2.05) is 0 Å². The average molecular weight is 342 g/mol. The SMILES string of the molecule is O=C(Nc1noc2c(F)cccc12)c1ccc(F)cc1C(F)(F)F. The van der Waals surface area contributed by atoms with E-state index in [1.165, 1.54) is 12.1 Å². The van der Waals surface area contributed by atoms with E-state index in [0.717, 1.165) is 12.1 Å². The van der Waals surface area contributed by atoms with Gasteiger partial charge in [-0.1, -0.05) is 11.2 Å². The van der Waals surface area contributed by atoms with Crippen molar-refractivity contribution in [3.8, 4) is 0 Å². The molecular weight excluding hydrogens is 335 g/mol. The molecule has 0 fully saturated rings. The molecule has 0 radical (unpaired) electrons. The van der Waals surface area contributed by atoms with E-state index < -0.39 is 34.8 Å². The molecule has 0 aliphatic carbocycles. The lowest BCUT2D eigenvalue weighted by Gasteiger charge is -2.12. The number of hydrogen-bond acceptors (Lipinski definition) is 3. The number of para-hydroxylation sites is 1. The largest absolute Gasteiger partial charge is 0.417 e. The fraction of sp³-hybridized carbons (Fsp3) is 0.0667. The van der Waals surface area contributed by atoms with Crippen molar-refractivity contribution in [3.63, 3.8) is 0 Å². The number of halogens is 5. The van der Waals surface area contributed by atoms with Crippen molar-refractivity contribution >= 4 is 22.7 Å². The summed E-state index contributed by atoms with van der Waals surface area (Å²) in [5.74, 6) is -3.29. The first kappa shape index (κ1) is 15.9. The molecule has 0 aliphatic rings. The zero-order valence-electron chi connectivity index (χ0n) is 11.6. The molecule has 0 saturated heterocycles. The molecule has 124 valence electrons. The first-order chi connectivity index (χ1) is 11.3. The van der Waals surface area contributed by atoms with Crippen LogP contribution in [0.25, 0.3) is 11.0 Å². The van der Waals surface area contributed by atoms with Crippen molar-refractivity contribution in [2.45, 2.75) is 6.18 Å². The number of anilines is 1. The predicted molar refractivity (Wildman–Crippen MR) is 73.3 cm³/mol. The number of nitrogens with one attached hydrogen (secondary N) is 1. The van der Waals surface area contributed by atoms with Gasteiger partial charge in [-0.2, -0.15) is 13.2 Å². The Morgan fingerprint density at radius 3 is 2.58 bits per heavy atom. The number of carbonyl (C=O) groups is 1. The minimum atomic E-state index is -4.92. The van der Waals surface area contributed by atoms with Crippen LogP contribution in [-0.2, 0) is 6.18 Å². The molecule has 0 unspecified atom stereocenters. The van der Waals surface area contributed by atoms with E-state index in [9.17, 15) is 26.7 Å². The summed E-state index contributed by atoms with van der Waals surface area (Å²) in [6.45, 7) is 0. The van der Waals surface area contributed by atoms with Gasteiger partial charge in [0.15, 0.2) is 11.6 Å². The molecule has 0 bridgehead atoms. The van der Waals surface area contributed by atoms with Gasteiger partial charge in [-0.25, -0.2) is 8.78 Å². The van der Waals surface area contributed by atoms with Gasteiger partial charge in [-0.05, 0) is 30.3 Å². The molecule has 3 aromatic rings. The van der Waals surface area contributed by atoms with Crippen molar-refractivity contribution in [1.29, 1.82) is 0 Å². The van der Waals surface area contributed by atoms with E-state index in [1.54, 1.807) is 0 Å². The summed E-state index contributed by atoms with van der Waals surface area (Å²) in [5.41, 5.74) is -2.47. The second-order valence-electron chi connectivity index (χ2n) is 4.79. The fourth-order valence-electron chi connectivity index (χ4n) is 2.14. The average Bonchev–Trinajstić information content (AvgIpc) is 2.91. The van der Waals surface area contributed by atoms with Crippen LogP contribution < -0.4 is 5.32 Å². The number of fused-ring (bicyclic) bond motifs is 1. The Bertz CT molecular complexity index is 933. The predicted octanol–water partition coefficient (Wildman–Crippen LogP) is 4.38. The highest BCUT2D eigenvalue weighted by Crippen LogP contribution is 2.33. The third-order valence-corrected chi connectivity index (χ3v) is 3.21. The van der Waals surface area contributed by atoms with Gasteiger partial charge in [0.1, 0.15) is 5.82 Å². The van der Waals surface area contributed by atoms with Crippen LogP contribution in [0.4, 0.5) is 27.8 Å². The number of rotatable bonds is 2. The van der Waals surface area contributed by atoms with Crippen molar-refractivity contribution in [1.82, 2.24) is 5.16 Å². The fourth-order valence-corrected chi connectivity index (χ4v) is 2.14. The number of hydrogen-bond donors (Lipinski definition) is 1. The number of carbonyl (C=O) groups excluding carboxylic acids is 1. The molecule has 0 aliphatic heterocycles. The van der Waals surface area contributed by atoms with Crippen molar-refractivity contribution in [2.24, 2.45) is 0 Å². The zero-order chi connectivity index (χ0) is 17.5. The van der Waals surface area contributed by atoms with Gasteiger partial charge >= 0.3 is 6.18 Å². The van der Waals surface area contributed by atoms with Crippen LogP contribution in [0.5, 0.6) is 0 Å². The summed E-state index contributed by atoms with van der Waals surface area (Å²) >= 11 is 0. The van der Waals surface area contributed by atoms with E-state index >= 15 is 0 Å². The lowest BCUT2D eigenvalue weighted by atomic mass is 10.1. The molecule has 3 rings (SSSR count).